The summed E-state index contributed by atoms with van der Waals surface area (Å²) in [5.41, 5.74) is 9.31. The lowest BCUT2D eigenvalue weighted by atomic mass is 9.96. The Morgan fingerprint density at radius 1 is 0.306 bits per heavy atom. The van der Waals surface area contributed by atoms with Gasteiger partial charge in [0.1, 0.15) is 0 Å². The van der Waals surface area contributed by atoms with Crippen LogP contribution in [0, 0.1) is 0 Å². The Bertz CT molecular complexity index is 2860. The van der Waals surface area contributed by atoms with Crippen LogP contribution in [0.4, 0.5) is 0 Å². The zero-order valence-electron chi connectivity index (χ0n) is 26.3. The van der Waals surface area contributed by atoms with E-state index in [4.69, 9.17) is 15.0 Å². The summed E-state index contributed by atoms with van der Waals surface area (Å²) in [6, 6.07) is 57.7. The molecule has 0 spiro atoms. The van der Waals surface area contributed by atoms with Gasteiger partial charge in [-0.25, -0.2) is 15.0 Å². The van der Waals surface area contributed by atoms with Crippen molar-refractivity contribution >= 4 is 64.1 Å². The minimum atomic E-state index is 0.704. The summed E-state index contributed by atoms with van der Waals surface area (Å²) in [5.74, 6) is 0.704. The first-order chi connectivity index (χ1) is 24.3. The van der Waals surface area contributed by atoms with E-state index in [2.05, 4.69) is 152 Å². The predicted octanol–water partition coefficient (Wildman–Crippen LogP) is 12.4. The third-order valence-corrected chi connectivity index (χ3v) is 10.6. The minimum absolute atomic E-state index is 0.704. The molecule has 0 atom stereocenters. The second-order valence-electron chi connectivity index (χ2n) is 12.4. The van der Waals surface area contributed by atoms with Crippen molar-refractivity contribution in [2.45, 2.75) is 0 Å². The highest BCUT2D eigenvalue weighted by molar-refractivity contribution is 7.26. The lowest BCUT2D eigenvalue weighted by molar-refractivity contribution is 1.23. The largest absolute Gasteiger partial charge is 0.247 e. The number of benzene rings is 7. The molecule has 0 saturated carbocycles. The second kappa shape index (κ2) is 11.2. The van der Waals surface area contributed by atoms with E-state index < -0.39 is 0 Å². The van der Waals surface area contributed by atoms with Gasteiger partial charge in [0.05, 0.1) is 22.4 Å². The molecule has 3 aromatic heterocycles. The van der Waals surface area contributed by atoms with Crippen LogP contribution >= 0.6 is 11.3 Å². The molecule has 10 rings (SSSR count). The van der Waals surface area contributed by atoms with Gasteiger partial charge in [0, 0.05) is 58.4 Å². The van der Waals surface area contributed by atoms with Crippen molar-refractivity contribution in [3.63, 3.8) is 0 Å². The molecule has 3 heterocycles. The molecule has 7 aromatic carbocycles. The Labute approximate surface area is 286 Å². The normalized spacial score (nSPS) is 11.7. The van der Waals surface area contributed by atoms with Crippen LogP contribution in [0.1, 0.15) is 0 Å². The summed E-state index contributed by atoms with van der Waals surface area (Å²) in [6.07, 6.45) is 0. The van der Waals surface area contributed by atoms with E-state index in [0.29, 0.717) is 5.82 Å². The van der Waals surface area contributed by atoms with Crippen molar-refractivity contribution in [3.05, 3.63) is 164 Å². The first-order valence-corrected chi connectivity index (χ1v) is 17.3. The van der Waals surface area contributed by atoms with Crippen LogP contribution in [-0.2, 0) is 0 Å². The summed E-state index contributed by atoms with van der Waals surface area (Å²) in [4.78, 5) is 15.4. The van der Waals surface area contributed by atoms with Crippen LogP contribution in [0.25, 0.3) is 97.8 Å². The van der Waals surface area contributed by atoms with Gasteiger partial charge in [-0.1, -0.05) is 140 Å². The van der Waals surface area contributed by atoms with E-state index in [1.807, 2.05) is 23.5 Å². The predicted molar refractivity (Wildman–Crippen MR) is 207 cm³/mol. The van der Waals surface area contributed by atoms with Crippen LogP contribution in [0.3, 0.4) is 0 Å². The maximum Gasteiger partial charge on any atom is 0.160 e. The van der Waals surface area contributed by atoms with Crippen LogP contribution in [0.5, 0.6) is 0 Å². The molecule has 0 amide bonds. The molecule has 0 radical (unpaired) electrons. The Kier molecular flexibility index (Phi) is 6.36. The standard InChI is InChI=1S/C45H27N3S/c1-2-10-28(11-3-1)29-18-20-30(21-19-29)43-34-13-5-8-16-38(34)47-45(48-43)32-24-22-31(23-25-32)44-36-26-27-40-42(35-14-6-9-17-39(35)49-40)41(36)33-12-4-7-15-37(33)46-44/h1-27H. The molecule has 0 fully saturated rings. The average Bonchev–Trinajstić information content (AvgIpc) is 3.57. The third-order valence-electron chi connectivity index (χ3n) is 9.49. The number of fused-ring (bicyclic) bond motifs is 8. The number of para-hydroxylation sites is 2. The van der Waals surface area contributed by atoms with E-state index in [0.717, 1.165) is 49.9 Å². The molecule has 0 unspecified atom stereocenters. The number of pyridine rings is 1. The van der Waals surface area contributed by atoms with Gasteiger partial charge in [-0.15, -0.1) is 11.3 Å². The molecule has 0 aliphatic carbocycles. The number of hydrogen-bond acceptors (Lipinski definition) is 4. The SMILES string of the molecule is c1ccc(-c2ccc(-c3nc(-c4ccc(-c5nc6ccccc6c6c5ccc5sc7ccccc7c56)cc4)nc4ccccc34)cc2)cc1. The highest BCUT2D eigenvalue weighted by Crippen LogP contribution is 2.43. The molecule has 4 heteroatoms. The van der Waals surface area contributed by atoms with Crippen LogP contribution in [0.2, 0.25) is 0 Å². The zero-order chi connectivity index (χ0) is 32.3. The molecule has 3 nitrogen and oxygen atoms in total. The molecule has 0 N–H and O–H groups in total. The maximum atomic E-state index is 5.24. The molecule has 0 bridgehead atoms. The first kappa shape index (κ1) is 27.8. The van der Waals surface area contributed by atoms with Crippen molar-refractivity contribution in [1.29, 1.82) is 0 Å². The Balaban J connectivity index is 1.10. The zero-order valence-corrected chi connectivity index (χ0v) is 27.2. The van der Waals surface area contributed by atoms with Gasteiger partial charge in [0.15, 0.2) is 5.82 Å². The number of aromatic nitrogens is 3. The van der Waals surface area contributed by atoms with Gasteiger partial charge in [0.2, 0.25) is 0 Å². The summed E-state index contributed by atoms with van der Waals surface area (Å²) < 4.78 is 2.60. The topological polar surface area (TPSA) is 38.7 Å². The quantitative estimate of drug-likeness (QED) is 0.180. The van der Waals surface area contributed by atoms with Crippen LogP contribution in [-0.4, -0.2) is 15.0 Å². The molecule has 0 saturated heterocycles. The van der Waals surface area contributed by atoms with Gasteiger partial charge in [-0.05, 0) is 35.4 Å². The van der Waals surface area contributed by atoms with Crippen molar-refractivity contribution in [1.82, 2.24) is 15.0 Å². The van der Waals surface area contributed by atoms with Crippen molar-refractivity contribution in [2.75, 3.05) is 0 Å². The molecular formula is C45H27N3S. The minimum Gasteiger partial charge on any atom is -0.247 e. The Morgan fingerprint density at radius 2 is 0.857 bits per heavy atom. The first-order valence-electron chi connectivity index (χ1n) is 16.4. The molecule has 0 aliphatic rings. The maximum absolute atomic E-state index is 5.24. The van der Waals surface area contributed by atoms with Crippen LogP contribution < -0.4 is 0 Å². The van der Waals surface area contributed by atoms with E-state index in [1.165, 1.54) is 42.1 Å². The highest BCUT2D eigenvalue weighted by Gasteiger charge is 2.17. The summed E-state index contributed by atoms with van der Waals surface area (Å²) in [5, 5.41) is 7.25. The number of hydrogen-bond donors (Lipinski definition) is 0. The van der Waals surface area contributed by atoms with Crippen molar-refractivity contribution in [2.24, 2.45) is 0 Å². The molecule has 228 valence electrons. The van der Waals surface area contributed by atoms with Gasteiger partial charge in [-0.2, -0.15) is 0 Å². The van der Waals surface area contributed by atoms with Crippen molar-refractivity contribution in [3.8, 4) is 45.0 Å². The van der Waals surface area contributed by atoms with Gasteiger partial charge in [-0.3, -0.25) is 0 Å². The Hall–Kier alpha value is -6.23. The van der Waals surface area contributed by atoms with E-state index in [1.54, 1.807) is 0 Å². The van der Waals surface area contributed by atoms with E-state index >= 15 is 0 Å². The highest BCUT2D eigenvalue weighted by atomic mass is 32.1. The van der Waals surface area contributed by atoms with Gasteiger partial charge >= 0.3 is 0 Å². The van der Waals surface area contributed by atoms with Crippen molar-refractivity contribution < 1.29 is 0 Å². The van der Waals surface area contributed by atoms with E-state index in [9.17, 15) is 0 Å². The monoisotopic (exact) mass is 641 g/mol. The number of nitrogens with zero attached hydrogens (tertiary/aromatic N) is 3. The van der Waals surface area contributed by atoms with Crippen LogP contribution in [0.15, 0.2) is 164 Å². The summed E-state index contributed by atoms with van der Waals surface area (Å²) >= 11 is 1.85. The molecule has 0 aliphatic heterocycles. The number of thiophene rings is 1. The lowest BCUT2D eigenvalue weighted by Gasteiger charge is -2.13. The fraction of sp³-hybridized carbons (Fsp3) is 0. The fourth-order valence-electron chi connectivity index (χ4n) is 7.13. The molecule has 49 heavy (non-hydrogen) atoms. The lowest BCUT2D eigenvalue weighted by Crippen LogP contribution is -1.95. The van der Waals surface area contributed by atoms with Gasteiger partial charge < -0.3 is 0 Å². The molecular weight excluding hydrogens is 615 g/mol. The summed E-state index contributed by atoms with van der Waals surface area (Å²) in [7, 11) is 0. The smallest absolute Gasteiger partial charge is 0.160 e. The fourth-order valence-corrected chi connectivity index (χ4v) is 8.24. The second-order valence-corrected chi connectivity index (χ2v) is 13.5. The van der Waals surface area contributed by atoms with Gasteiger partial charge in [0.25, 0.3) is 0 Å². The molecule has 10 aromatic rings. The third kappa shape index (κ3) is 4.61. The summed E-state index contributed by atoms with van der Waals surface area (Å²) in [6.45, 7) is 0. The average molecular weight is 642 g/mol. The van der Waals surface area contributed by atoms with E-state index in [-0.39, 0.29) is 0 Å². The Morgan fingerprint density at radius 3 is 1.61 bits per heavy atom. The number of rotatable bonds is 4.